The number of carbonyl (C=O) groups is 2. The van der Waals surface area contributed by atoms with Gasteiger partial charge in [0, 0.05) is 26.2 Å². The van der Waals surface area contributed by atoms with Crippen molar-refractivity contribution in [3.05, 3.63) is 35.4 Å². The fourth-order valence-electron chi connectivity index (χ4n) is 1.56. The predicted molar refractivity (Wildman–Crippen MR) is 70.8 cm³/mol. The summed E-state index contributed by atoms with van der Waals surface area (Å²) in [6, 6.07) is 5.62. The van der Waals surface area contributed by atoms with E-state index in [0.717, 1.165) is 4.90 Å². The van der Waals surface area contributed by atoms with Gasteiger partial charge in [-0.3, -0.25) is 4.79 Å². The highest BCUT2D eigenvalue weighted by Gasteiger charge is 2.28. The fraction of sp³-hybridized carbons (Fsp3) is 0.385. The summed E-state index contributed by atoms with van der Waals surface area (Å²) in [7, 11) is 2.90. The summed E-state index contributed by atoms with van der Waals surface area (Å²) in [4.78, 5) is 23.9. The van der Waals surface area contributed by atoms with E-state index in [1.165, 1.54) is 14.1 Å². The maximum Gasteiger partial charge on any atom is 0.405 e. The van der Waals surface area contributed by atoms with Gasteiger partial charge in [-0.1, -0.05) is 12.1 Å². The molecule has 0 heterocycles. The third kappa shape index (κ3) is 5.72. The zero-order chi connectivity index (χ0) is 16.0. The number of rotatable bonds is 4. The van der Waals surface area contributed by atoms with Gasteiger partial charge in [-0.15, -0.1) is 0 Å². The molecular weight excluding hydrogens is 287 g/mol. The van der Waals surface area contributed by atoms with Crippen LogP contribution in [0.15, 0.2) is 24.3 Å². The number of hydrogen-bond donors (Lipinski definition) is 2. The molecule has 0 bridgehead atoms. The van der Waals surface area contributed by atoms with E-state index in [0.29, 0.717) is 11.1 Å². The smallest absolute Gasteiger partial charge is 0.355 e. The Morgan fingerprint density at radius 3 is 2.24 bits per heavy atom. The second-order valence-corrected chi connectivity index (χ2v) is 4.41. The molecule has 0 saturated carbocycles. The lowest BCUT2D eigenvalue weighted by molar-refractivity contribution is -0.123. The van der Waals surface area contributed by atoms with Crippen LogP contribution in [0.25, 0.3) is 0 Å². The third-order valence-corrected chi connectivity index (χ3v) is 2.65. The molecule has 116 valence electrons. The van der Waals surface area contributed by atoms with Crippen LogP contribution >= 0.6 is 0 Å². The number of carbonyl (C=O) groups excluding carboxylic acids is 2. The lowest BCUT2D eigenvalue weighted by atomic mass is 10.1. The molecule has 0 aliphatic carbocycles. The van der Waals surface area contributed by atoms with Crippen molar-refractivity contribution in [2.75, 3.05) is 20.6 Å². The minimum Gasteiger partial charge on any atom is -0.355 e. The molecule has 0 fully saturated rings. The van der Waals surface area contributed by atoms with E-state index in [4.69, 9.17) is 0 Å². The molecule has 8 heteroatoms. The van der Waals surface area contributed by atoms with E-state index < -0.39 is 18.8 Å². The molecular formula is C13H16F3N3O2. The molecule has 5 nitrogen and oxygen atoms in total. The maximum absolute atomic E-state index is 12.0. The molecule has 0 spiro atoms. The van der Waals surface area contributed by atoms with Crippen LogP contribution in [0.1, 0.15) is 15.9 Å². The number of halogens is 3. The average Bonchev–Trinajstić information content (AvgIpc) is 2.43. The minimum atomic E-state index is -4.44. The van der Waals surface area contributed by atoms with Gasteiger partial charge in [-0.2, -0.15) is 13.2 Å². The van der Waals surface area contributed by atoms with Gasteiger partial charge in [-0.05, 0) is 17.7 Å². The monoisotopic (exact) mass is 303 g/mol. The molecule has 0 saturated heterocycles. The molecule has 1 aromatic carbocycles. The number of urea groups is 1. The van der Waals surface area contributed by atoms with Crippen molar-refractivity contribution >= 4 is 11.9 Å². The Kier molecular flexibility index (Phi) is 5.57. The molecule has 1 aromatic rings. The van der Waals surface area contributed by atoms with Crippen LogP contribution in [0.4, 0.5) is 18.0 Å². The molecule has 0 atom stereocenters. The van der Waals surface area contributed by atoms with Crippen molar-refractivity contribution in [2.24, 2.45) is 0 Å². The van der Waals surface area contributed by atoms with Crippen LogP contribution < -0.4 is 10.6 Å². The van der Waals surface area contributed by atoms with Gasteiger partial charge in [0.25, 0.3) is 5.91 Å². The van der Waals surface area contributed by atoms with Gasteiger partial charge in [0.1, 0.15) is 6.54 Å². The lowest BCUT2D eigenvalue weighted by Crippen LogP contribution is -2.41. The SMILES string of the molecule is CNC(=O)c1ccc(CN(C)C(=O)NCC(F)(F)F)cc1. The average molecular weight is 303 g/mol. The molecule has 21 heavy (non-hydrogen) atoms. The number of amides is 3. The lowest BCUT2D eigenvalue weighted by Gasteiger charge is -2.18. The zero-order valence-corrected chi connectivity index (χ0v) is 11.6. The first-order valence-electron chi connectivity index (χ1n) is 6.09. The van der Waals surface area contributed by atoms with E-state index in [2.05, 4.69) is 5.32 Å². The Morgan fingerprint density at radius 1 is 1.19 bits per heavy atom. The summed E-state index contributed by atoms with van der Waals surface area (Å²) in [5.74, 6) is -0.238. The first-order chi connectivity index (χ1) is 9.73. The van der Waals surface area contributed by atoms with Crippen LogP contribution in [0.5, 0.6) is 0 Å². The van der Waals surface area contributed by atoms with Crippen LogP contribution in [0.3, 0.4) is 0 Å². The summed E-state index contributed by atoms with van der Waals surface area (Å²) in [6.07, 6.45) is -4.44. The molecule has 0 aromatic heterocycles. The summed E-state index contributed by atoms with van der Waals surface area (Å²) in [5.41, 5.74) is 1.16. The van der Waals surface area contributed by atoms with E-state index in [9.17, 15) is 22.8 Å². The summed E-state index contributed by atoms with van der Waals surface area (Å²) in [5, 5.41) is 4.25. The van der Waals surface area contributed by atoms with Crippen molar-refractivity contribution < 1.29 is 22.8 Å². The molecule has 1 rings (SSSR count). The van der Waals surface area contributed by atoms with Gasteiger partial charge < -0.3 is 15.5 Å². The van der Waals surface area contributed by atoms with Gasteiger partial charge >= 0.3 is 12.2 Å². The molecule has 2 N–H and O–H groups in total. The molecule has 3 amide bonds. The van der Waals surface area contributed by atoms with Crippen LogP contribution in [0.2, 0.25) is 0 Å². The quantitative estimate of drug-likeness (QED) is 0.890. The van der Waals surface area contributed by atoms with Crippen LogP contribution in [-0.2, 0) is 6.54 Å². The Labute approximate surface area is 120 Å². The summed E-state index contributed by atoms with van der Waals surface area (Å²) >= 11 is 0. The standard InChI is InChI=1S/C13H16F3N3O2/c1-17-11(20)10-5-3-9(4-6-10)7-19(2)12(21)18-8-13(14,15)16/h3-6H,7-8H2,1-2H3,(H,17,20)(H,18,21). The molecule has 0 radical (unpaired) electrons. The minimum absolute atomic E-state index is 0.137. The van der Waals surface area contributed by atoms with Gasteiger partial charge in [0.2, 0.25) is 0 Å². The van der Waals surface area contributed by atoms with Crippen molar-refractivity contribution in [1.29, 1.82) is 0 Å². The Morgan fingerprint density at radius 2 is 1.76 bits per heavy atom. The van der Waals surface area contributed by atoms with Gasteiger partial charge in [0.15, 0.2) is 0 Å². The Hall–Kier alpha value is -2.25. The second kappa shape index (κ2) is 6.96. The van der Waals surface area contributed by atoms with Crippen molar-refractivity contribution in [3.63, 3.8) is 0 Å². The Balaban J connectivity index is 2.56. The molecule has 0 unspecified atom stereocenters. The number of benzene rings is 1. The molecule has 0 aliphatic heterocycles. The van der Waals surface area contributed by atoms with Crippen LogP contribution in [-0.4, -0.2) is 43.7 Å². The highest BCUT2D eigenvalue weighted by Crippen LogP contribution is 2.12. The third-order valence-electron chi connectivity index (χ3n) is 2.65. The highest BCUT2D eigenvalue weighted by atomic mass is 19.4. The van der Waals surface area contributed by atoms with Gasteiger partial charge in [-0.25, -0.2) is 4.79 Å². The highest BCUT2D eigenvalue weighted by molar-refractivity contribution is 5.93. The fourth-order valence-corrected chi connectivity index (χ4v) is 1.56. The van der Waals surface area contributed by atoms with Crippen LogP contribution in [0, 0.1) is 0 Å². The number of hydrogen-bond acceptors (Lipinski definition) is 2. The predicted octanol–water partition coefficient (Wildman–Crippen LogP) is 1.75. The van der Waals surface area contributed by atoms with E-state index in [1.807, 2.05) is 0 Å². The van der Waals surface area contributed by atoms with E-state index in [1.54, 1.807) is 29.6 Å². The topological polar surface area (TPSA) is 61.4 Å². The Bertz CT molecular complexity index is 500. The number of nitrogens with zero attached hydrogens (tertiary/aromatic N) is 1. The van der Waals surface area contributed by atoms with Crippen molar-refractivity contribution in [3.8, 4) is 0 Å². The summed E-state index contributed by atoms with van der Waals surface area (Å²) < 4.78 is 36.0. The first-order valence-corrected chi connectivity index (χ1v) is 6.09. The van der Waals surface area contributed by atoms with Crippen molar-refractivity contribution in [2.45, 2.75) is 12.7 Å². The zero-order valence-electron chi connectivity index (χ0n) is 11.6. The van der Waals surface area contributed by atoms with E-state index >= 15 is 0 Å². The second-order valence-electron chi connectivity index (χ2n) is 4.41. The van der Waals surface area contributed by atoms with E-state index in [-0.39, 0.29) is 12.5 Å². The normalized spacial score (nSPS) is 10.9. The van der Waals surface area contributed by atoms with Gasteiger partial charge in [0.05, 0.1) is 0 Å². The summed E-state index contributed by atoms with van der Waals surface area (Å²) in [6.45, 7) is -1.23. The number of alkyl halides is 3. The largest absolute Gasteiger partial charge is 0.405 e. The van der Waals surface area contributed by atoms with Crippen molar-refractivity contribution in [1.82, 2.24) is 15.5 Å². The maximum atomic E-state index is 12.0. The molecule has 0 aliphatic rings. The first kappa shape index (κ1) is 16.8. The number of nitrogens with one attached hydrogen (secondary N) is 2.